The lowest BCUT2D eigenvalue weighted by Gasteiger charge is -2.24. The van der Waals surface area contributed by atoms with Crippen LogP contribution in [0.1, 0.15) is 12.8 Å². The van der Waals surface area contributed by atoms with Crippen molar-refractivity contribution >= 4 is 16.6 Å². The Labute approximate surface area is 112 Å². The van der Waals surface area contributed by atoms with E-state index in [1.165, 1.54) is 0 Å². The molecule has 19 heavy (non-hydrogen) atoms. The fourth-order valence-electron chi connectivity index (χ4n) is 2.45. The minimum Gasteiger partial charge on any atom is -0.497 e. The van der Waals surface area contributed by atoms with Gasteiger partial charge in [0.1, 0.15) is 11.6 Å². The van der Waals surface area contributed by atoms with Crippen LogP contribution in [0.5, 0.6) is 5.75 Å². The fourth-order valence-corrected chi connectivity index (χ4v) is 2.45. The zero-order chi connectivity index (χ0) is 13.1. The molecule has 2 heterocycles. The summed E-state index contributed by atoms with van der Waals surface area (Å²) in [5, 5.41) is 5.74. The molecule has 0 aliphatic carbocycles. The molecule has 1 unspecified atom stereocenters. The maximum atomic E-state index is 5.49. The number of benzene rings is 1. The Morgan fingerprint density at radius 1 is 1.37 bits per heavy atom. The van der Waals surface area contributed by atoms with Gasteiger partial charge in [0.2, 0.25) is 0 Å². The molecule has 0 spiro atoms. The number of hydrogen-bond donors (Lipinski definition) is 1. The van der Waals surface area contributed by atoms with Crippen molar-refractivity contribution in [1.82, 2.24) is 4.98 Å². The lowest BCUT2D eigenvalue weighted by molar-refractivity contribution is 0.0875. The first kappa shape index (κ1) is 12.2. The van der Waals surface area contributed by atoms with Gasteiger partial charge in [-0.3, -0.25) is 0 Å². The highest BCUT2D eigenvalue weighted by Gasteiger charge is 2.15. The third kappa shape index (κ3) is 2.63. The Morgan fingerprint density at radius 3 is 3.11 bits per heavy atom. The zero-order valence-corrected chi connectivity index (χ0v) is 11.1. The molecule has 0 bridgehead atoms. The summed E-state index contributed by atoms with van der Waals surface area (Å²) in [6, 6.07) is 8.40. The van der Waals surface area contributed by atoms with Crippen LogP contribution >= 0.6 is 0 Å². The van der Waals surface area contributed by atoms with Gasteiger partial charge in [0.25, 0.3) is 0 Å². The third-order valence-electron chi connectivity index (χ3n) is 3.47. The highest BCUT2D eigenvalue weighted by atomic mass is 16.5. The van der Waals surface area contributed by atoms with Gasteiger partial charge in [0.15, 0.2) is 0 Å². The molecule has 4 nitrogen and oxygen atoms in total. The van der Waals surface area contributed by atoms with Gasteiger partial charge >= 0.3 is 0 Å². The summed E-state index contributed by atoms with van der Waals surface area (Å²) < 4.78 is 10.7. The number of nitrogens with zero attached hydrogens (tertiary/aromatic N) is 1. The Kier molecular flexibility index (Phi) is 3.51. The van der Waals surface area contributed by atoms with Crippen LogP contribution in [-0.4, -0.2) is 31.3 Å². The largest absolute Gasteiger partial charge is 0.497 e. The normalized spacial score (nSPS) is 19.3. The van der Waals surface area contributed by atoms with Gasteiger partial charge in [0.05, 0.1) is 19.8 Å². The molecule has 1 aromatic heterocycles. The molecular formula is C15H18N2O2. The van der Waals surface area contributed by atoms with Crippen LogP contribution in [0.25, 0.3) is 10.8 Å². The zero-order valence-electron chi connectivity index (χ0n) is 11.1. The first-order valence-electron chi connectivity index (χ1n) is 6.64. The van der Waals surface area contributed by atoms with Gasteiger partial charge in [-0.05, 0) is 42.5 Å². The molecule has 0 amide bonds. The first-order chi connectivity index (χ1) is 9.36. The SMILES string of the molecule is COc1ccc2c(NC3CCCOC3)nccc2c1. The molecule has 3 rings (SSSR count). The number of methoxy groups -OCH3 is 1. The lowest BCUT2D eigenvalue weighted by atomic mass is 10.1. The van der Waals surface area contributed by atoms with Crippen molar-refractivity contribution in [3.63, 3.8) is 0 Å². The summed E-state index contributed by atoms with van der Waals surface area (Å²) in [4.78, 5) is 4.45. The monoisotopic (exact) mass is 258 g/mol. The minimum absolute atomic E-state index is 0.356. The van der Waals surface area contributed by atoms with Crippen molar-refractivity contribution < 1.29 is 9.47 Å². The maximum Gasteiger partial charge on any atom is 0.134 e. The Hall–Kier alpha value is -1.81. The van der Waals surface area contributed by atoms with Gasteiger partial charge in [-0.15, -0.1) is 0 Å². The predicted molar refractivity (Wildman–Crippen MR) is 75.8 cm³/mol. The second-order valence-electron chi connectivity index (χ2n) is 4.81. The van der Waals surface area contributed by atoms with E-state index in [1.54, 1.807) is 7.11 Å². The summed E-state index contributed by atoms with van der Waals surface area (Å²) in [6.45, 7) is 1.63. The number of rotatable bonds is 3. The highest BCUT2D eigenvalue weighted by molar-refractivity contribution is 5.92. The van der Waals surface area contributed by atoms with E-state index in [1.807, 2.05) is 30.5 Å². The molecule has 1 saturated heterocycles. The Balaban J connectivity index is 1.90. The fraction of sp³-hybridized carbons (Fsp3) is 0.400. The van der Waals surface area contributed by atoms with Crippen LogP contribution in [0, 0.1) is 0 Å². The first-order valence-corrected chi connectivity index (χ1v) is 6.64. The van der Waals surface area contributed by atoms with Crippen molar-refractivity contribution in [1.29, 1.82) is 0 Å². The standard InChI is InChI=1S/C15H18N2O2/c1-18-13-4-5-14-11(9-13)6-7-16-15(14)17-12-3-2-8-19-10-12/h4-7,9,12H,2-3,8,10H2,1H3,(H,16,17). The van der Waals surface area contributed by atoms with Gasteiger partial charge in [-0.25, -0.2) is 4.98 Å². The van der Waals surface area contributed by atoms with Crippen LogP contribution in [0.4, 0.5) is 5.82 Å². The number of nitrogens with one attached hydrogen (secondary N) is 1. The topological polar surface area (TPSA) is 43.4 Å². The van der Waals surface area contributed by atoms with E-state index in [2.05, 4.69) is 10.3 Å². The summed E-state index contributed by atoms with van der Waals surface area (Å²) >= 11 is 0. The maximum absolute atomic E-state index is 5.49. The summed E-state index contributed by atoms with van der Waals surface area (Å²) in [5.41, 5.74) is 0. The van der Waals surface area contributed by atoms with Gasteiger partial charge in [-0.1, -0.05) is 0 Å². The van der Waals surface area contributed by atoms with Crippen LogP contribution in [0.2, 0.25) is 0 Å². The van der Waals surface area contributed by atoms with Crippen molar-refractivity contribution in [2.75, 3.05) is 25.6 Å². The van der Waals surface area contributed by atoms with E-state index in [0.29, 0.717) is 6.04 Å². The summed E-state index contributed by atoms with van der Waals surface area (Å²) in [7, 11) is 1.68. The highest BCUT2D eigenvalue weighted by Crippen LogP contribution is 2.26. The molecule has 1 fully saturated rings. The van der Waals surface area contributed by atoms with Crippen LogP contribution in [-0.2, 0) is 4.74 Å². The van der Waals surface area contributed by atoms with Crippen molar-refractivity contribution in [3.8, 4) is 5.75 Å². The second-order valence-corrected chi connectivity index (χ2v) is 4.81. The molecule has 1 aliphatic rings. The third-order valence-corrected chi connectivity index (χ3v) is 3.47. The van der Waals surface area contributed by atoms with Gasteiger partial charge in [-0.2, -0.15) is 0 Å². The Morgan fingerprint density at radius 2 is 2.32 bits per heavy atom. The molecule has 1 aliphatic heterocycles. The summed E-state index contributed by atoms with van der Waals surface area (Å²) in [6.07, 6.45) is 4.07. The second kappa shape index (κ2) is 5.45. The molecule has 2 aromatic rings. The molecule has 0 radical (unpaired) electrons. The van der Waals surface area contributed by atoms with Gasteiger partial charge < -0.3 is 14.8 Å². The lowest BCUT2D eigenvalue weighted by Crippen LogP contribution is -2.30. The molecule has 1 atom stereocenters. The van der Waals surface area contributed by atoms with E-state index in [9.17, 15) is 0 Å². The van der Waals surface area contributed by atoms with Crippen molar-refractivity contribution in [3.05, 3.63) is 30.5 Å². The van der Waals surface area contributed by atoms with E-state index in [0.717, 1.165) is 48.4 Å². The van der Waals surface area contributed by atoms with Crippen LogP contribution < -0.4 is 10.1 Å². The van der Waals surface area contributed by atoms with Crippen LogP contribution in [0.15, 0.2) is 30.5 Å². The number of fused-ring (bicyclic) bond motifs is 1. The average molecular weight is 258 g/mol. The van der Waals surface area contributed by atoms with Gasteiger partial charge in [0, 0.05) is 18.2 Å². The van der Waals surface area contributed by atoms with E-state index >= 15 is 0 Å². The molecule has 4 heteroatoms. The Bertz CT molecular complexity index is 565. The van der Waals surface area contributed by atoms with Crippen molar-refractivity contribution in [2.24, 2.45) is 0 Å². The quantitative estimate of drug-likeness (QED) is 0.919. The molecule has 1 N–H and O–H groups in total. The van der Waals surface area contributed by atoms with E-state index in [-0.39, 0.29) is 0 Å². The molecule has 0 saturated carbocycles. The predicted octanol–water partition coefficient (Wildman–Crippen LogP) is 2.83. The molecular weight excluding hydrogens is 240 g/mol. The van der Waals surface area contributed by atoms with E-state index < -0.39 is 0 Å². The number of ether oxygens (including phenoxy) is 2. The van der Waals surface area contributed by atoms with Crippen LogP contribution in [0.3, 0.4) is 0 Å². The van der Waals surface area contributed by atoms with E-state index in [4.69, 9.17) is 9.47 Å². The number of aromatic nitrogens is 1. The van der Waals surface area contributed by atoms with Crippen molar-refractivity contribution in [2.45, 2.75) is 18.9 Å². The average Bonchev–Trinajstić information content (AvgIpc) is 2.48. The number of pyridine rings is 1. The number of hydrogen-bond acceptors (Lipinski definition) is 4. The molecule has 1 aromatic carbocycles. The smallest absolute Gasteiger partial charge is 0.134 e. The molecule has 100 valence electrons. The number of anilines is 1. The minimum atomic E-state index is 0.356. The summed E-state index contributed by atoms with van der Waals surface area (Å²) in [5.74, 6) is 1.79.